The van der Waals surface area contributed by atoms with Gasteiger partial charge in [0.2, 0.25) is 0 Å². The summed E-state index contributed by atoms with van der Waals surface area (Å²) >= 11 is 9.17. The summed E-state index contributed by atoms with van der Waals surface area (Å²) < 4.78 is 2.97. The highest BCUT2D eigenvalue weighted by Gasteiger charge is 2.18. The minimum atomic E-state index is -0.0795. The number of benzene rings is 1. The largest absolute Gasteiger partial charge is 0.337 e. The van der Waals surface area contributed by atoms with Crippen molar-refractivity contribution in [3.63, 3.8) is 0 Å². The molecule has 4 rings (SSSR count). The SMILES string of the molecule is O=C(C=Cc1cccs1)N(CCCn1ccnc1)c1nc2ccc(Cl)cc2s1. The number of anilines is 1. The van der Waals surface area contributed by atoms with Gasteiger partial charge in [-0.3, -0.25) is 9.69 Å². The third-order valence-corrected chi connectivity index (χ3v) is 6.24. The molecule has 0 aliphatic rings. The Morgan fingerprint density at radius 3 is 3.04 bits per heavy atom. The molecule has 0 N–H and O–H groups in total. The first-order chi connectivity index (χ1) is 13.7. The molecule has 0 fully saturated rings. The highest BCUT2D eigenvalue weighted by molar-refractivity contribution is 7.22. The zero-order chi connectivity index (χ0) is 19.3. The van der Waals surface area contributed by atoms with Gasteiger partial charge in [0.05, 0.1) is 16.5 Å². The second kappa shape index (κ2) is 8.68. The van der Waals surface area contributed by atoms with E-state index in [2.05, 4.69) is 9.97 Å². The second-order valence-electron chi connectivity index (χ2n) is 6.10. The number of hydrogen-bond acceptors (Lipinski definition) is 5. The van der Waals surface area contributed by atoms with E-state index in [9.17, 15) is 4.79 Å². The predicted octanol–water partition coefficient (Wildman–Crippen LogP) is 5.34. The lowest BCUT2D eigenvalue weighted by molar-refractivity contribution is -0.114. The number of hydrogen-bond donors (Lipinski definition) is 0. The number of imidazole rings is 1. The van der Waals surface area contributed by atoms with Crippen molar-refractivity contribution in [3.8, 4) is 0 Å². The number of aryl methyl sites for hydroxylation is 1. The van der Waals surface area contributed by atoms with E-state index in [0.29, 0.717) is 16.7 Å². The van der Waals surface area contributed by atoms with Crippen molar-refractivity contribution in [2.75, 3.05) is 11.4 Å². The molecular weight excluding hydrogens is 412 g/mol. The van der Waals surface area contributed by atoms with Crippen LogP contribution in [-0.4, -0.2) is 27.0 Å². The Morgan fingerprint density at radius 2 is 2.25 bits per heavy atom. The molecule has 28 heavy (non-hydrogen) atoms. The Kier molecular flexibility index (Phi) is 5.85. The van der Waals surface area contributed by atoms with Gasteiger partial charge in [0, 0.05) is 41.5 Å². The molecule has 3 aromatic heterocycles. The lowest BCUT2D eigenvalue weighted by atomic mass is 10.3. The molecule has 0 atom stereocenters. The van der Waals surface area contributed by atoms with Crippen LogP contribution >= 0.6 is 34.3 Å². The van der Waals surface area contributed by atoms with Crippen LogP contribution in [-0.2, 0) is 11.3 Å². The van der Waals surface area contributed by atoms with Crippen LogP contribution in [0.5, 0.6) is 0 Å². The number of amides is 1. The van der Waals surface area contributed by atoms with E-state index in [1.54, 1.807) is 34.8 Å². The summed E-state index contributed by atoms with van der Waals surface area (Å²) in [6.07, 6.45) is 9.71. The highest BCUT2D eigenvalue weighted by atomic mass is 35.5. The molecule has 0 aliphatic carbocycles. The van der Waals surface area contributed by atoms with Crippen molar-refractivity contribution in [3.05, 3.63) is 70.4 Å². The summed E-state index contributed by atoms with van der Waals surface area (Å²) in [5, 5.41) is 3.34. The van der Waals surface area contributed by atoms with Crippen molar-refractivity contribution in [2.45, 2.75) is 13.0 Å². The molecule has 142 valence electrons. The van der Waals surface area contributed by atoms with Gasteiger partial charge in [-0.15, -0.1) is 11.3 Å². The maximum Gasteiger partial charge on any atom is 0.252 e. The first-order valence-corrected chi connectivity index (χ1v) is 10.8. The van der Waals surface area contributed by atoms with E-state index < -0.39 is 0 Å². The lowest BCUT2D eigenvalue weighted by Gasteiger charge is -2.18. The number of aromatic nitrogens is 3. The second-order valence-corrected chi connectivity index (χ2v) is 8.53. The third kappa shape index (κ3) is 4.49. The van der Waals surface area contributed by atoms with Crippen LogP contribution in [0.2, 0.25) is 5.02 Å². The first-order valence-electron chi connectivity index (χ1n) is 8.74. The van der Waals surface area contributed by atoms with Crippen LogP contribution in [0, 0.1) is 0 Å². The fraction of sp³-hybridized carbons (Fsp3) is 0.150. The standard InChI is InChI=1S/C20H17ClN4OS2/c21-15-4-6-17-18(13-15)28-20(23-17)25(10-2-9-24-11-8-22-14-24)19(26)7-5-16-3-1-12-27-16/h1,3-8,11-14H,2,9-10H2. The van der Waals surface area contributed by atoms with Gasteiger partial charge in [-0.05, 0) is 42.1 Å². The molecule has 4 aromatic rings. The third-order valence-electron chi connectivity index (χ3n) is 4.13. The number of thiazole rings is 1. The fourth-order valence-corrected chi connectivity index (χ4v) is 4.65. The average molecular weight is 429 g/mol. The molecule has 0 radical (unpaired) electrons. The van der Waals surface area contributed by atoms with Crippen LogP contribution in [0.4, 0.5) is 5.13 Å². The predicted molar refractivity (Wildman–Crippen MR) is 117 cm³/mol. The van der Waals surface area contributed by atoms with Gasteiger partial charge in [0.15, 0.2) is 5.13 Å². The number of nitrogens with zero attached hydrogens (tertiary/aromatic N) is 4. The highest BCUT2D eigenvalue weighted by Crippen LogP contribution is 2.31. The smallest absolute Gasteiger partial charge is 0.252 e. The van der Waals surface area contributed by atoms with Crippen molar-refractivity contribution < 1.29 is 4.79 Å². The lowest BCUT2D eigenvalue weighted by Crippen LogP contribution is -2.30. The number of fused-ring (bicyclic) bond motifs is 1. The number of thiophene rings is 1. The Morgan fingerprint density at radius 1 is 1.32 bits per heavy atom. The summed E-state index contributed by atoms with van der Waals surface area (Å²) in [4.78, 5) is 24.4. The van der Waals surface area contributed by atoms with Gasteiger partial charge in [0.1, 0.15) is 0 Å². The number of halogens is 1. The zero-order valence-corrected chi connectivity index (χ0v) is 17.3. The van der Waals surface area contributed by atoms with E-state index in [-0.39, 0.29) is 5.91 Å². The minimum absolute atomic E-state index is 0.0795. The van der Waals surface area contributed by atoms with Crippen LogP contribution < -0.4 is 4.90 Å². The minimum Gasteiger partial charge on any atom is -0.337 e. The molecule has 8 heteroatoms. The van der Waals surface area contributed by atoms with Crippen molar-refractivity contribution in [1.82, 2.24) is 14.5 Å². The van der Waals surface area contributed by atoms with Crippen LogP contribution in [0.1, 0.15) is 11.3 Å². The maximum absolute atomic E-state index is 12.9. The first kappa shape index (κ1) is 18.9. The van der Waals surface area contributed by atoms with Gasteiger partial charge < -0.3 is 4.57 Å². The molecule has 0 saturated carbocycles. The van der Waals surface area contributed by atoms with Gasteiger partial charge in [-0.25, -0.2) is 9.97 Å². The van der Waals surface area contributed by atoms with Crippen LogP contribution in [0.25, 0.3) is 16.3 Å². The molecule has 1 aromatic carbocycles. The summed E-state index contributed by atoms with van der Waals surface area (Å²) in [6.45, 7) is 1.36. The van der Waals surface area contributed by atoms with E-state index >= 15 is 0 Å². The van der Waals surface area contributed by atoms with Gasteiger partial charge in [-0.2, -0.15) is 0 Å². The number of rotatable bonds is 7. The average Bonchev–Trinajstić information content (AvgIpc) is 3.44. The molecule has 0 saturated heterocycles. The van der Waals surface area contributed by atoms with Crippen molar-refractivity contribution in [2.24, 2.45) is 0 Å². The normalized spacial score (nSPS) is 11.5. The van der Waals surface area contributed by atoms with Crippen LogP contribution in [0.15, 0.2) is 60.5 Å². The Bertz CT molecular complexity index is 1090. The molecule has 0 bridgehead atoms. The Labute approximate surface area is 175 Å². The van der Waals surface area contributed by atoms with E-state index in [4.69, 9.17) is 11.6 Å². The Hall–Kier alpha value is -2.48. The van der Waals surface area contributed by atoms with E-state index in [1.807, 2.05) is 52.6 Å². The molecule has 3 heterocycles. The Balaban J connectivity index is 1.56. The summed E-state index contributed by atoms with van der Waals surface area (Å²) in [5.41, 5.74) is 0.846. The monoisotopic (exact) mass is 428 g/mol. The molecule has 5 nitrogen and oxygen atoms in total. The van der Waals surface area contributed by atoms with Gasteiger partial charge >= 0.3 is 0 Å². The topological polar surface area (TPSA) is 51.0 Å². The quantitative estimate of drug-likeness (QED) is 0.373. The number of carbonyl (C=O) groups excluding carboxylic acids is 1. The van der Waals surface area contributed by atoms with Gasteiger partial charge in [-0.1, -0.05) is 29.0 Å². The molecule has 0 aliphatic heterocycles. The fourth-order valence-electron chi connectivity index (χ4n) is 2.76. The summed E-state index contributed by atoms with van der Waals surface area (Å²) in [6, 6.07) is 9.53. The summed E-state index contributed by atoms with van der Waals surface area (Å²) in [7, 11) is 0. The molecule has 0 unspecified atom stereocenters. The maximum atomic E-state index is 12.9. The summed E-state index contributed by atoms with van der Waals surface area (Å²) in [5.74, 6) is -0.0795. The zero-order valence-electron chi connectivity index (χ0n) is 14.9. The van der Waals surface area contributed by atoms with Crippen molar-refractivity contribution in [1.29, 1.82) is 0 Å². The van der Waals surface area contributed by atoms with Crippen LogP contribution in [0.3, 0.4) is 0 Å². The van der Waals surface area contributed by atoms with E-state index in [1.165, 1.54) is 11.3 Å². The molecule has 1 amide bonds. The van der Waals surface area contributed by atoms with Crippen molar-refractivity contribution >= 4 is 61.6 Å². The molecule has 0 spiro atoms. The van der Waals surface area contributed by atoms with Gasteiger partial charge in [0.25, 0.3) is 5.91 Å². The molecular formula is C20H17ClN4OS2. The number of carbonyl (C=O) groups is 1. The van der Waals surface area contributed by atoms with E-state index in [0.717, 1.165) is 28.1 Å².